The van der Waals surface area contributed by atoms with Gasteiger partial charge in [-0.1, -0.05) is 196 Å². The largest absolute Gasteiger partial charge is 0.310 e. The molecule has 0 bridgehead atoms. The van der Waals surface area contributed by atoms with E-state index in [2.05, 4.69) is 278 Å². The van der Waals surface area contributed by atoms with Crippen molar-refractivity contribution >= 4 is 77.2 Å². The Balaban J connectivity index is 0.986. The third kappa shape index (κ3) is 5.80. The second kappa shape index (κ2) is 15.4. The highest BCUT2D eigenvalue weighted by atomic mass is 15.1. The smallest absolute Gasteiger partial charge is 0.0468 e. The van der Waals surface area contributed by atoms with Crippen molar-refractivity contribution in [1.29, 1.82) is 0 Å². The van der Waals surface area contributed by atoms with Crippen LogP contribution in [-0.2, 0) is 10.8 Å². The van der Waals surface area contributed by atoms with Gasteiger partial charge in [-0.15, -0.1) is 0 Å². The number of rotatable bonds is 7. The summed E-state index contributed by atoms with van der Waals surface area (Å²) in [5.41, 5.74) is 16.3. The maximum Gasteiger partial charge on any atom is 0.0468 e. The molecule has 0 aliphatic heterocycles. The first kappa shape index (κ1) is 40.4. The van der Waals surface area contributed by atoms with Crippen molar-refractivity contribution in [2.75, 3.05) is 9.80 Å². The summed E-state index contributed by atoms with van der Waals surface area (Å²) in [5.74, 6) is 0. The van der Waals surface area contributed by atoms with Crippen LogP contribution in [0.1, 0.15) is 36.1 Å². The summed E-state index contributed by atoms with van der Waals surface area (Å²) in [6.45, 7) is 5.05. The highest BCUT2D eigenvalue weighted by Crippen LogP contribution is 2.66. The number of para-hydroxylation sites is 2. The first-order valence-corrected chi connectivity index (χ1v) is 24.5. The molecule has 330 valence electrons. The highest BCUT2D eigenvalue weighted by molar-refractivity contribution is 6.10. The average Bonchev–Trinajstić information content (AvgIpc) is 3.84. The average molecular weight is 893 g/mol. The molecule has 0 N–H and O–H groups in total. The zero-order valence-electron chi connectivity index (χ0n) is 39.1. The van der Waals surface area contributed by atoms with E-state index in [4.69, 9.17) is 0 Å². The second-order valence-electron chi connectivity index (χ2n) is 19.5. The first-order chi connectivity index (χ1) is 34.5. The Kier molecular flexibility index (Phi) is 8.88. The molecule has 0 heterocycles. The predicted molar refractivity (Wildman–Crippen MR) is 296 cm³/mol. The Morgan fingerprint density at radius 3 is 0.986 bits per heavy atom. The molecule has 0 saturated heterocycles. The molecule has 0 amide bonds. The van der Waals surface area contributed by atoms with Crippen molar-refractivity contribution in [3.63, 3.8) is 0 Å². The molecule has 0 saturated carbocycles. The van der Waals surface area contributed by atoms with Gasteiger partial charge >= 0.3 is 0 Å². The van der Waals surface area contributed by atoms with Crippen LogP contribution in [-0.4, -0.2) is 0 Å². The lowest BCUT2D eigenvalue weighted by Crippen LogP contribution is -2.44. The van der Waals surface area contributed by atoms with E-state index in [1.165, 1.54) is 87.6 Å². The van der Waals surface area contributed by atoms with Gasteiger partial charge in [0, 0.05) is 45.0 Å². The van der Waals surface area contributed by atoms with Gasteiger partial charge in [0.2, 0.25) is 0 Å². The Labute approximate surface area is 409 Å². The number of hydrogen-bond acceptors (Lipinski definition) is 2. The molecule has 2 aliphatic rings. The van der Waals surface area contributed by atoms with Gasteiger partial charge in [0.1, 0.15) is 0 Å². The maximum atomic E-state index is 2.53. The summed E-state index contributed by atoms with van der Waals surface area (Å²) >= 11 is 0. The zero-order valence-corrected chi connectivity index (χ0v) is 39.1. The van der Waals surface area contributed by atoms with Crippen LogP contribution >= 0.6 is 0 Å². The van der Waals surface area contributed by atoms with Gasteiger partial charge in [-0.25, -0.2) is 0 Å². The van der Waals surface area contributed by atoms with Crippen LogP contribution < -0.4 is 9.80 Å². The third-order valence-electron chi connectivity index (χ3n) is 16.1. The Morgan fingerprint density at radius 1 is 0.229 bits per heavy atom. The first-order valence-electron chi connectivity index (χ1n) is 24.5. The molecule has 0 radical (unpaired) electrons. The Morgan fingerprint density at radius 2 is 0.543 bits per heavy atom. The maximum absolute atomic E-state index is 2.53. The van der Waals surface area contributed by atoms with E-state index in [-0.39, 0.29) is 0 Å². The molecular weight excluding hydrogens is 845 g/mol. The monoisotopic (exact) mass is 892 g/mol. The van der Waals surface area contributed by atoms with Crippen LogP contribution in [0.5, 0.6) is 0 Å². The van der Waals surface area contributed by atoms with Crippen molar-refractivity contribution in [3.05, 3.63) is 277 Å². The minimum absolute atomic E-state index is 0.490. The minimum atomic E-state index is -0.490. The molecule has 2 nitrogen and oxygen atoms in total. The quantitative estimate of drug-likeness (QED) is 0.147. The number of nitrogens with zero attached hydrogens (tertiary/aromatic N) is 2. The van der Waals surface area contributed by atoms with Gasteiger partial charge in [-0.3, -0.25) is 0 Å². The molecule has 70 heavy (non-hydrogen) atoms. The molecule has 2 heteroatoms. The molecule has 12 aromatic carbocycles. The van der Waals surface area contributed by atoms with Crippen LogP contribution in [0.3, 0.4) is 0 Å². The van der Waals surface area contributed by atoms with Gasteiger partial charge in [0.15, 0.2) is 0 Å². The van der Waals surface area contributed by atoms with Gasteiger partial charge in [-0.05, 0) is 160 Å². The normalized spacial score (nSPS) is 16.5. The fourth-order valence-electron chi connectivity index (χ4n) is 12.6. The summed E-state index contributed by atoms with van der Waals surface area (Å²) in [7, 11) is 0. The molecule has 14 rings (SSSR count). The van der Waals surface area contributed by atoms with Crippen LogP contribution in [0.25, 0.3) is 65.3 Å². The fourth-order valence-corrected chi connectivity index (χ4v) is 12.6. The molecule has 0 aromatic heterocycles. The van der Waals surface area contributed by atoms with Gasteiger partial charge < -0.3 is 9.80 Å². The van der Waals surface area contributed by atoms with E-state index in [9.17, 15) is 0 Å². The van der Waals surface area contributed by atoms with E-state index in [0.29, 0.717) is 0 Å². The van der Waals surface area contributed by atoms with Crippen molar-refractivity contribution in [3.8, 4) is 22.3 Å². The van der Waals surface area contributed by atoms with E-state index < -0.39 is 10.8 Å². The lowest BCUT2D eigenvalue weighted by Gasteiger charge is -2.45. The van der Waals surface area contributed by atoms with E-state index in [1.54, 1.807) is 0 Å². The minimum Gasteiger partial charge on any atom is -0.310 e. The fraction of sp³-hybridized carbons (Fsp3) is 0.0588. The van der Waals surface area contributed by atoms with Crippen molar-refractivity contribution in [1.82, 2.24) is 0 Å². The standard InChI is InChI=1S/C68H48N2/c1-67(63-27-15-13-25-57(63)59-39-37-53(43-65(59)67)69(49-19-5-3-6-20-49)51-35-33-47-31-29-45-17-9-11-23-55(45)61(47)41-51)68(2)64-28-16-14-26-58(64)60-40-38-54(44-66(60)68)70(50-21-7-4-8-22-50)52-36-34-48-32-30-46-18-10-12-24-56(46)62(48)42-52/h3-44H,1-2H3. The summed E-state index contributed by atoms with van der Waals surface area (Å²) in [6, 6.07) is 94.9. The summed E-state index contributed by atoms with van der Waals surface area (Å²) in [4.78, 5) is 4.90. The second-order valence-corrected chi connectivity index (χ2v) is 19.5. The summed E-state index contributed by atoms with van der Waals surface area (Å²) in [6.07, 6.45) is 0. The lowest BCUT2D eigenvalue weighted by atomic mass is 9.56. The van der Waals surface area contributed by atoms with Gasteiger partial charge in [-0.2, -0.15) is 0 Å². The van der Waals surface area contributed by atoms with E-state index in [1.807, 2.05) is 0 Å². The summed E-state index contributed by atoms with van der Waals surface area (Å²) < 4.78 is 0. The van der Waals surface area contributed by atoms with Crippen molar-refractivity contribution in [2.24, 2.45) is 0 Å². The van der Waals surface area contributed by atoms with Crippen LogP contribution in [0.4, 0.5) is 34.1 Å². The third-order valence-corrected chi connectivity index (χ3v) is 16.1. The van der Waals surface area contributed by atoms with Crippen molar-refractivity contribution in [2.45, 2.75) is 24.7 Å². The van der Waals surface area contributed by atoms with Gasteiger partial charge in [0.05, 0.1) is 0 Å². The van der Waals surface area contributed by atoms with Crippen LogP contribution in [0, 0.1) is 0 Å². The topological polar surface area (TPSA) is 6.48 Å². The molecule has 12 aromatic rings. The number of fused-ring (bicyclic) bond motifs is 12. The van der Waals surface area contributed by atoms with E-state index >= 15 is 0 Å². The number of anilines is 6. The van der Waals surface area contributed by atoms with Crippen molar-refractivity contribution < 1.29 is 0 Å². The molecule has 2 atom stereocenters. The highest BCUT2D eigenvalue weighted by Gasteiger charge is 2.57. The summed E-state index contributed by atoms with van der Waals surface area (Å²) in [5, 5.41) is 9.98. The Bertz CT molecular complexity index is 3800. The SMILES string of the molecule is CC1(C2(C)c3ccccc3-c3ccc(N(c4ccccc4)c4ccc5ccc6ccccc6c5c4)cc32)c2ccccc2-c2ccc(N(c3ccccc3)c3ccc4ccc5ccccc5c4c3)cc21. The Hall–Kier alpha value is -8.72. The molecule has 2 aliphatic carbocycles. The number of benzene rings is 12. The molecular formula is C68H48N2. The predicted octanol–water partition coefficient (Wildman–Crippen LogP) is 18.5. The van der Waals surface area contributed by atoms with Crippen LogP contribution in [0.15, 0.2) is 255 Å². The molecule has 0 fully saturated rings. The lowest BCUT2D eigenvalue weighted by molar-refractivity contribution is 0.376. The van der Waals surface area contributed by atoms with Gasteiger partial charge in [0.25, 0.3) is 0 Å². The van der Waals surface area contributed by atoms with Crippen LogP contribution in [0.2, 0.25) is 0 Å². The molecule has 2 unspecified atom stereocenters. The zero-order chi connectivity index (χ0) is 46.6. The number of hydrogen-bond donors (Lipinski definition) is 0. The van der Waals surface area contributed by atoms with E-state index in [0.717, 1.165) is 34.1 Å². The molecule has 0 spiro atoms.